The molecule has 0 fully saturated rings. The van der Waals surface area contributed by atoms with Crippen molar-refractivity contribution in [3.63, 3.8) is 0 Å². The van der Waals surface area contributed by atoms with Crippen LogP contribution >= 0.6 is 22.9 Å². The molecule has 4 nitrogen and oxygen atoms in total. The zero-order valence-corrected chi connectivity index (χ0v) is 16.0. The Morgan fingerprint density at radius 3 is 2.46 bits per heavy atom. The van der Waals surface area contributed by atoms with Crippen LogP contribution in [0.4, 0.5) is 0 Å². The van der Waals surface area contributed by atoms with Gasteiger partial charge in [0.1, 0.15) is 0 Å². The normalized spacial score (nSPS) is 12.9. The van der Waals surface area contributed by atoms with Crippen LogP contribution in [0.15, 0.2) is 45.7 Å². The Labute approximate surface area is 150 Å². The molecule has 0 aliphatic heterocycles. The summed E-state index contributed by atoms with van der Waals surface area (Å²) >= 11 is 7.23. The highest BCUT2D eigenvalue weighted by atomic mass is 35.5. The van der Waals surface area contributed by atoms with Gasteiger partial charge >= 0.3 is 0 Å². The van der Waals surface area contributed by atoms with Crippen molar-refractivity contribution in [3.05, 3.63) is 57.3 Å². The molecule has 0 bridgehead atoms. The molecule has 1 heterocycles. The maximum Gasteiger partial charge on any atom is 0.285 e. The Morgan fingerprint density at radius 2 is 1.83 bits per heavy atom. The van der Waals surface area contributed by atoms with Gasteiger partial charge in [0.2, 0.25) is 4.80 Å². The van der Waals surface area contributed by atoms with E-state index in [-0.39, 0.29) is 4.90 Å². The molecule has 0 radical (unpaired) electrons. The van der Waals surface area contributed by atoms with E-state index < -0.39 is 10.0 Å². The molecule has 0 spiro atoms. The first-order chi connectivity index (χ1) is 11.3. The van der Waals surface area contributed by atoms with E-state index in [1.54, 1.807) is 12.1 Å². The molecule has 7 heteroatoms. The Bertz CT molecular complexity index is 1080. The summed E-state index contributed by atoms with van der Waals surface area (Å²) in [6.07, 6.45) is 0. The smallest absolute Gasteiger partial charge is 0.285 e. The number of aryl methyl sites for hydroxylation is 3. The number of hydrogen-bond donors (Lipinski definition) is 0. The van der Waals surface area contributed by atoms with Crippen LogP contribution in [0.25, 0.3) is 10.2 Å². The lowest BCUT2D eigenvalue weighted by atomic mass is 10.1. The summed E-state index contributed by atoms with van der Waals surface area (Å²) in [6, 6.07) is 10.2. The first kappa shape index (κ1) is 17.2. The fourth-order valence-electron chi connectivity index (χ4n) is 2.65. The van der Waals surface area contributed by atoms with Gasteiger partial charge in [-0.3, -0.25) is 0 Å². The molecule has 3 rings (SSSR count). The molecule has 0 amide bonds. The van der Waals surface area contributed by atoms with Crippen LogP contribution in [-0.4, -0.2) is 13.0 Å². The summed E-state index contributed by atoms with van der Waals surface area (Å²) in [5.41, 5.74) is 3.29. The lowest BCUT2D eigenvalue weighted by molar-refractivity contribution is 0.595. The fraction of sp³-hybridized carbons (Fsp3) is 0.235. The van der Waals surface area contributed by atoms with E-state index in [0.717, 1.165) is 21.3 Å². The standard InChI is InChI=1S/C17H17ClN2O2S2/c1-4-20-15-10-11(2)9-12(3)16(15)23-17(20)19-24(21,22)14-7-5-13(18)6-8-14/h5-10H,4H2,1-3H3. The molecule has 3 aromatic rings. The van der Waals surface area contributed by atoms with Gasteiger partial charge in [-0.05, 0) is 62.2 Å². The molecule has 0 atom stereocenters. The minimum Gasteiger partial charge on any atom is -0.316 e. The van der Waals surface area contributed by atoms with Crippen molar-refractivity contribution in [3.8, 4) is 0 Å². The van der Waals surface area contributed by atoms with Crippen LogP contribution in [0.1, 0.15) is 18.1 Å². The zero-order valence-electron chi connectivity index (χ0n) is 13.6. The van der Waals surface area contributed by atoms with Crippen LogP contribution in [0.3, 0.4) is 0 Å². The molecule has 0 saturated heterocycles. The van der Waals surface area contributed by atoms with Gasteiger partial charge in [0, 0.05) is 11.6 Å². The second-order valence-corrected chi connectivity index (χ2v) is 8.60. The third kappa shape index (κ3) is 3.14. The number of aromatic nitrogens is 1. The third-order valence-corrected chi connectivity index (χ3v) is 6.62. The van der Waals surface area contributed by atoms with Crippen molar-refractivity contribution in [1.29, 1.82) is 0 Å². The minimum atomic E-state index is -3.78. The number of halogens is 1. The monoisotopic (exact) mass is 380 g/mol. The number of fused-ring (bicyclic) bond motifs is 1. The highest BCUT2D eigenvalue weighted by molar-refractivity contribution is 7.90. The lowest BCUT2D eigenvalue weighted by Crippen LogP contribution is -2.16. The van der Waals surface area contributed by atoms with E-state index in [2.05, 4.69) is 16.5 Å². The van der Waals surface area contributed by atoms with Gasteiger partial charge in [0.15, 0.2) is 0 Å². The summed E-state index contributed by atoms with van der Waals surface area (Å²) in [6.45, 7) is 6.70. The average molecular weight is 381 g/mol. The lowest BCUT2D eigenvalue weighted by Gasteiger charge is -2.03. The topological polar surface area (TPSA) is 51.4 Å². The summed E-state index contributed by atoms with van der Waals surface area (Å²) in [4.78, 5) is 0.621. The third-order valence-electron chi connectivity index (χ3n) is 3.74. The average Bonchev–Trinajstić information content (AvgIpc) is 2.84. The number of benzene rings is 2. The van der Waals surface area contributed by atoms with E-state index in [9.17, 15) is 8.42 Å². The summed E-state index contributed by atoms with van der Waals surface area (Å²) in [5, 5.41) is 0.491. The van der Waals surface area contributed by atoms with Gasteiger partial charge in [0.25, 0.3) is 10.0 Å². The SMILES string of the molecule is CCn1c(=NS(=O)(=O)c2ccc(Cl)cc2)sc2c(C)cc(C)cc21. The molecule has 1 aromatic heterocycles. The fourth-order valence-corrected chi connectivity index (χ4v) is 5.12. The van der Waals surface area contributed by atoms with Crippen LogP contribution in [0.5, 0.6) is 0 Å². The van der Waals surface area contributed by atoms with Crippen molar-refractivity contribution in [2.45, 2.75) is 32.2 Å². The maximum atomic E-state index is 12.6. The van der Waals surface area contributed by atoms with Gasteiger partial charge in [-0.25, -0.2) is 0 Å². The Morgan fingerprint density at radius 1 is 1.17 bits per heavy atom. The van der Waals surface area contributed by atoms with Crippen molar-refractivity contribution in [1.82, 2.24) is 4.57 Å². The highest BCUT2D eigenvalue weighted by Crippen LogP contribution is 2.24. The van der Waals surface area contributed by atoms with Crippen LogP contribution in [0.2, 0.25) is 5.02 Å². The quantitative estimate of drug-likeness (QED) is 0.680. The predicted octanol–water partition coefficient (Wildman–Crippen LogP) is 4.28. The van der Waals surface area contributed by atoms with E-state index in [1.165, 1.54) is 23.5 Å². The molecule has 0 N–H and O–H groups in total. The van der Waals surface area contributed by atoms with E-state index in [0.29, 0.717) is 16.4 Å². The van der Waals surface area contributed by atoms with Gasteiger partial charge < -0.3 is 4.57 Å². The predicted molar refractivity (Wildman–Crippen MR) is 99.2 cm³/mol. The number of sulfonamides is 1. The summed E-state index contributed by atoms with van der Waals surface area (Å²) in [7, 11) is -3.78. The van der Waals surface area contributed by atoms with Crippen molar-refractivity contribution < 1.29 is 8.42 Å². The van der Waals surface area contributed by atoms with Crippen molar-refractivity contribution >= 4 is 43.2 Å². The van der Waals surface area contributed by atoms with Gasteiger partial charge in [-0.2, -0.15) is 8.42 Å². The van der Waals surface area contributed by atoms with E-state index in [1.807, 2.05) is 25.3 Å². The van der Waals surface area contributed by atoms with Gasteiger partial charge in [0.05, 0.1) is 15.1 Å². The molecule has 0 aliphatic rings. The van der Waals surface area contributed by atoms with Crippen LogP contribution in [0, 0.1) is 13.8 Å². The molecular weight excluding hydrogens is 364 g/mol. The Balaban J connectivity index is 2.27. The molecule has 2 aromatic carbocycles. The summed E-state index contributed by atoms with van der Waals surface area (Å²) < 4.78 is 32.3. The first-order valence-corrected chi connectivity index (χ1v) is 10.1. The second-order valence-electron chi connectivity index (χ2n) is 5.58. The van der Waals surface area contributed by atoms with E-state index in [4.69, 9.17) is 11.6 Å². The molecule has 0 aliphatic carbocycles. The molecule has 0 saturated carbocycles. The van der Waals surface area contributed by atoms with Gasteiger partial charge in [-0.1, -0.05) is 29.0 Å². The highest BCUT2D eigenvalue weighted by Gasteiger charge is 2.15. The number of rotatable bonds is 3. The Hall–Kier alpha value is -1.63. The van der Waals surface area contributed by atoms with Crippen molar-refractivity contribution in [2.24, 2.45) is 4.40 Å². The zero-order chi connectivity index (χ0) is 17.5. The molecule has 0 unspecified atom stereocenters. The molecular formula is C17H17ClN2O2S2. The van der Waals surface area contributed by atoms with Gasteiger partial charge in [-0.15, -0.1) is 4.40 Å². The second kappa shape index (κ2) is 6.35. The summed E-state index contributed by atoms with van der Waals surface area (Å²) in [5.74, 6) is 0. The Kier molecular flexibility index (Phi) is 4.55. The molecule has 24 heavy (non-hydrogen) atoms. The van der Waals surface area contributed by atoms with Crippen LogP contribution < -0.4 is 4.80 Å². The maximum absolute atomic E-state index is 12.6. The number of hydrogen-bond acceptors (Lipinski definition) is 3. The van der Waals surface area contributed by atoms with E-state index >= 15 is 0 Å². The number of thiazole rings is 1. The molecule has 126 valence electrons. The first-order valence-electron chi connectivity index (χ1n) is 7.49. The van der Waals surface area contributed by atoms with Crippen LogP contribution in [-0.2, 0) is 16.6 Å². The number of nitrogens with zero attached hydrogens (tertiary/aromatic N) is 2. The largest absolute Gasteiger partial charge is 0.316 e. The van der Waals surface area contributed by atoms with Crippen molar-refractivity contribution in [2.75, 3.05) is 0 Å². The minimum absolute atomic E-state index is 0.139.